The van der Waals surface area contributed by atoms with Gasteiger partial charge in [0.15, 0.2) is 5.82 Å². The highest BCUT2D eigenvalue weighted by atomic mass is 16.5. The number of hydrogen-bond acceptors (Lipinski definition) is 4. The molecule has 0 fully saturated rings. The van der Waals surface area contributed by atoms with E-state index < -0.39 is 0 Å². The minimum Gasteiger partial charge on any atom is -0.497 e. The van der Waals surface area contributed by atoms with Crippen LogP contribution in [0.4, 0.5) is 5.82 Å². The third kappa shape index (κ3) is 3.08. The summed E-state index contributed by atoms with van der Waals surface area (Å²) in [5.74, 6) is 2.61. The molecule has 1 aromatic heterocycles. The number of aryl methyl sites for hydroxylation is 2. The number of rotatable bonds is 5. The summed E-state index contributed by atoms with van der Waals surface area (Å²) in [5.41, 5.74) is 8.10. The molecule has 0 amide bonds. The molecule has 0 radical (unpaired) electrons. The van der Waals surface area contributed by atoms with Gasteiger partial charge in [-0.2, -0.15) is 0 Å². The Morgan fingerprint density at radius 2 is 1.89 bits per heavy atom. The van der Waals surface area contributed by atoms with Crippen LogP contribution >= 0.6 is 0 Å². The molecule has 0 bridgehead atoms. The lowest BCUT2D eigenvalue weighted by Crippen LogP contribution is -1.99. The van der Waals surface area contributed by atoms with E-state index in [1.165, 1.54) is 5.56 Å². The van der Waals surface area contributed by atoms with Crippen molar-refractivity contribution in [1.82, 2.24) is 5.16 Å². The standard InChI is InChI=1S/C15H20N2O2/c1-10(2)14-13(19-17-15(14)16)9-6-11-4-7-12(18-3)8-5-11/h4-5,7-8,10H,6,9H2,1-3H3,(H2,16,17). The van der Waals surface area contributed by atoms with E-state index in [1.807, 2.05) is 12.1 Å². The first-order valence-corrected chi connectivity index (χ1v) is 6.48. The van der Waals surface area contributed by atoms with Crippen molar-refractivity contribution in [2.24, 2.45) is 0 Å². The van der Waals surface area contributed by atoms with Crippen LogP contribution in [0.25, 0.3) is 0 Å². The number of benzene rings is 1. The predicted octanol–water partition coefficient (Wildman–Crippen LogP) is 3.17. The number of anilines is 1. The van der Waals surface area contributed by atoms with E-state index in [0.29, 0.717) is 11.7 Å². The first kappa shape index (κ1) is 13.5. The van der Waals surface area contributed by atoms with Gasteiger partial charge in [0, 0.05) is 12.0 Å². The van der Waals surface area contributed by atoms with Crippen molar-refractivity contribution in [1.29, 1.82) is 0 Å². The number of hydrogen-bond donors (Lipinski definition) is 1. The molecule has 1 heterocycles. The zero-order valence-corrected chi connectivity index (χ0v) is 11.6. The van der Waals surface area contributed by atoms with Crippen molar-refractivity contribution >= 4 is 5.82 Å². The van der Waals surface area contributed by atoms with Crippen molar-refractivity contribution < 1.29 is 9.26 Å². The number of methoxy groups -OCH3 is 1. The van der Waals surface area contributed by atoms with Gasteiger partial charge >= 0.3 is 0 Å². The normalized spacial score (nSPS) is 10.9. The Morgan fingerprint density at radius 1 is 1.21 bits per heavy atom. The Hall–Kier alpha value is -1.97. The van der Waals surface area contributed by atoms with E-state index in [-0.39, 0.29) is 0 Å². The first-order chi connectivity index (χ1) is 9.11. The van der Waals surface area contributed by atoms with E-state index in [0.717, 1.165) is 29.9 Å². The number of aromatic nitrogens is 1. The van der Waals surface area contributed by atoms with Gasteiger partial charge in [-0.25, -0.2) is 0 Å². The summed E-state index contributed by atoms with van der Waals surface area (Å²) in [7, 11) is 1.67. The number of ether oxygens (including phenoxy) is 1. The SMILES string of the molecule is COc1ccc(CCc2onc(N)c2C(C)C)cc1. The van der Waals surface area contributed by atoms with Gasteiger partial charge in [-0.3, -0.25) is 0 Å². The lowest BCUT2D eigenvalue weighted by Gasteiger charge is -2.06. The molecule has 4 heteroatoms. The quantitative estimate of drug-likeness (QED) is 0.897. The zero-order chi connectivity index (χ0) is 13.8. The van der Waals surface area contributed by atoms with Crippen LogP contribution in [0.15, 0.2) is 28.8 Å². The van der Waals surface area contributed by atoms with Crippen LogP contribution in [0.1, 0.15) is 36.7 Å². The highest BCUT2D eigenvalue weighted by Crippen LogP contribution is 2.26. The van der Waals surface area contributed by atoms with E-state index >= 15 is 0 Å². The Bertz CT molecular complexity index is 530. The Labute approximate surface area is 113 Å². The van der Waals surface area contributed by atoms with Crippen LogP contribution in [-0.2, 0) is 12.8 Å². The summed E-state index contributed by atoms with van der Waals surface area (Å²) in [4.78, 5) is 0. The molecule has 0 aliphatic carbocycles. The molecule has 0 aliphatic rings. The molecule has 2 N–H and O–H groups in total. The van der Waals surface area contributed by atoms with Crippen LogP contribution in [-0.4, -0.2) is 12.3 Å². The average Bonchev–Trinajstić information content (AvgIpc) is 2.78. The molecule has 19 heavy (non-hydrogen) atoms. The molecule has 1 aromatic carbocycles. The van der Waals surface area contributed by atoms with E-state index in [9.17, 15) is 0 Å². The van der Waals surface area contributed by atoms with Crippen LogP contribution in [0.2, 0.25) is 0 Å². The Balaban J connectivity index is 2.05. The third-order valence-electron chi connectivity index (χ3n) is 3.21. The van der Waals surface area contributed by atoms with Gasteiger partial charge < -0.3 is 15.0 Å². The fourth-order valence-corrected chi connectivity index (χ4v) is 2.19. The molecule has 2 aromatic rings. The monoisotopic (exact) mass is 260 g/mol. The summed E-state index contributed by atoms with van der Waals surface area (Å²) in [5, 5.41) is 3.86. The highest BCUT2D eigenvalue weighted by molar-refractivity contribution is 5.43. The lowest BCUT2D eigenvalue weighted by atomic mass is 9.99. The molecule has 0 saturated carbocycles. The summed E-state index contributed by atoms with van der Waals surface area (Å²) in [6.07, 6.45) is 1.71. The second kappa shape index (κ2) is 5.78. The first-order valence-electron chi connectivity index (χ1n) is 6.48. The second-order valence-electron chi connectivity index (χ2n) is 4.91. The number of nitrogens with zero attached hydrogens (tertiary/aromatic N) is 1. The minimum absolute atomic E-state index is 0.331. The van der Waals surface area contributed by atoms with Crippen molar-refractivity contribution in [3.8, 4) is 5.75 Å². The van der Waals surface area contributed by atoms with Crippen molar-refractivity contribution in [2.45, 2.75) is 32.6 Å². The fourth-order valence-electron chi connectivity index (χ4n) is 2.19. The highest BCUT2D eigenvalue weighted by Gasteiger charge is 2.16. The van der Waals surface area contributed by atoms with Crippen LogP contribution in [0, 0.1) is 0 Å². The summed E-state index contributed by atoms with van der Waals surface area (Å²) in [6.45, 7) is 4.19. The van der Waals surface area contributed by atoms with Gasteiger partial charge in [0.25, 0.3) is 0 Å². The van der Waals surface area contributed by atoms with Gasteiger partial charge in [-0.1, -0.05) is 31.1 Å². The minimum atomic E-state index is 0.331. The molecule has 0 atom stereocenters. The van der Waals surface area contributed by atoms with Crippen molar-refractivity contribution in [3.63, 3.8) is 0 Å². The number of nitrogens with two attached hydrogens (primary N) is 1. The molecular formula is C15H20N2O2. The van der Waals surface area contributed by atoms with Crippen molar-refractivity contribution in [2.75, 3.05) is 12.8 Å². The van der Waals surface area contributed by atoms with Crippen LogP contribution in [0.3, 0.4) is 0 Å². The lowest BCUT2D eigenvalue weighted by molar-refractivity contribution is 0.383. The molecule has 4 nitrogen and oxygen atoms in total. The summed E-state index contributed by atoms with van der Waals surface area (Å²) >= 11 is 0. The molecule has 0 saturated heterocycles. The van der Waals surface area contributed by atoms with Gasteiger partial charge in [0.1, 0.15) is 11.5 Å². The molecule has 0 unspecified atom stereocenters. The smallest absolute Gasteiger partial charge is 0.170 e. The third-order valence-corrected chi connectivity index (χ3v) is 3.21. The maximum Gasteiger partial charge on any atom is 0.170 e. The van der Waals surface area contributed by atoms with Gasteiger partial charge in [-0.15, -0.1) is 0 Å². The maximum atomic E-state index is 5.83. The van der Waals surface area contributed by atoms with E-state index in [2.05, 4.69) is 31.1 Å². The molecule has 0 aliphatic heterocycles. The molecule has 2 rings (SSSR count). The largest absolute Gasteiger partial charge is 0.497 e. The molecule has 0 spiro atoms. The molecular weight excluding hydrogens is 240 g/mol. The Morgan fingerprint density at radius 3 is 2.47 bits per heavy atom. The second-order valence-corrected chi connectivity index (χ2v) is 4.91. The van der Waals surface area contributed by atoms with Gasteiger partial charge in [-0.05, 0) is 30.0 Å². The topological polar surface area (TPSA) is 61.3 Å². The Kier molecular flexibility index (Phi) is 4.10. The van der Waals surface area contributed by atoms with Crippen molar-refractivity contribution in [3.05, 3.63) is 41.2 Å². The van der Waals surface area contributed by atoms with Gasteiger partial charge in [0.05, 0.1) is 7.11 Å². The molecule has 102 valence electrons. The fraction of sp³-hybridized carbons (Fsp3) is 0.400. The zero-order valence-electron chi connectivity index (χ0n) is 11.6. The average molecular weight is 260 g/mol. The van der Waals surface area contributed by atoms with Crippen LogP contribution < -0.4 is 10.5 Å². The van der Waals surface area contributed by atoms with E-state index in [1.54, 1.807) is 7.11 Å². The van der Waals surface area contributed by atoms with Gasteiger partial charge in [0.2, 0.25) is 0 Å². The summed E-state index contributed by atoms with van der Waals surface area (Å²) in [6, 6.07) is 8.06. The van der Waals surface area contributed by atoms with Crippen LogP contribution in [0.5, 0.6) is 5.75 Å². The maximum absolute atomic E-state index is 5.83. The summed E-state index contributed by atoms with van der Waals surface area (Å²) < 4.78 is 10.5. The predicted molar refractivity (Wildman–Crippen MR) is 75.4 cm³/mol. The number of nitrogen functional groups attached to an aromatic ring is 1. The van der Waals surface area contributed by atoms with E-state index in [4.69, 9.17) is 15.0 Å².